The third-order valence-electron chi connectivity index (χ3n) is 2.72. The van der Waals surface area contributed by atoms with E-state index in [2.05, 4.69) is 36.4 Å². The fourth-order valence-electron chi connectivity index (χ4n) is 1.99. The van der Waals surface area contributed by atoms with Crippen LogP contribution in [0.4, 0.5) is 0 Å². The first-order valence-electron chi connectivity index (χ1n) is 5.25. The van der Waals surface area contributed by atoms with Gasteiger partial charge in [-0.15, -0.1) is 0 Å². The standard InChI is InChI=1S/C11H13N4P/c16-15-7-10-6-14(13-11(10)8-15)5-9-2-1-3-12-4-9/h1-4,6H,5,7-8,16H2. The highest BCUT2D eigenvalue weighted by atomic mass is 31.0. The number of hydrogen-bond acceptors (Lipinski definition) is 3. The van der Waals surface area contributed by atoms with Gasteiger partial charge in [0.15, 0.2) is 0 Å². The minimum absolute atomic E-state index is 0.803. The minimum atomic E-state index is 0.803. The zero-order valence-corrected chi connectivity index (χ0v) is 10.0. The summed E-state index contributed by atoms with van der Waals surface area (Å²) in [5.41, 5.74) is 3.71. The summed E-state index contributed by atoms with van der Waals surface area (Å²) < 4.78 is 4.19. The highest BCUT2D eigenvalue weighted by molar-refractivity contribution is 7.13. The van der Waals surface area contributed by atoms with Crippen molar-refractivity contribution in [2.24, 2.45) is 0 Å². The molecular formula is C11H13N4P. The lowest BCUT2D eigenvalue weighted by Crippen LogP contribution is -2.05. The molecule has 4 nitrogen and oxygen atoms in total. The molecule has 1 atom stereocenters. The SMILES string of the molecule is PN1Cc2cn(Cc3cccnc3)nc2C1. The molecule has 0 saturated heterocycles. The monoisotopic (exact) mass is 232 g/mol. The van der Waals surface area contributed by atoms with Crippen LogP contribution in [0.5, 0.6) is 0 Å². The van der Waals surface area contributed by atoms with E-state index in [0.717, 1.165) is 19.6 Å². The lowest BCUT2D eigenvalue weighted by atomic mass is 10.3. The van der Waals surface area contributed by atoms with Gasteiger partial charge in [-0.3, -0.25) is 14.3 Å². The summed E-state index contributed by atoms with van der Waals surface area (Å²) in [4.78, 5) is 4.10. The molecule has 16 heavy (non-hydrogen) atoms. The van der Waals surface area contributed by atoms with Crippen molar-refractivity contribution in [2.45, 2.75) is 19.6 Å². The summed E-state index contributed by atoms with van der Waals surface area (Å²) in [6.45, 7) is 2.71. The van der Waals surface area contributed by atoms with E-state index in [1.807, 2.05) is 16.9 Å². The second-order valence-corrected chi connectivity index (χ2v) is 4.80. The number of aromatic nitrogens is 3. The van der Waals surface area contributed by atoms with Crippen molar-refractivity contribution in [3.8, 4) is 0 Å². The summed E-state index contributed by atoms with van der Waals surface area (Å²) in [5, 5.41) is 4.57. The Morgan fingerprint density at radius 2 is 2.31 bits per heavy atom. The van der Waals surface area contributed by atoms with E-state index in [0.29, 0.717) is 0 Å². The average molecular weight is 232 g/mol. The van der Waals surface area contributed by atoms with Crippen LogP contribution in [0.1, 0.15) is 16.8 Å². The Kier molecular flexibility index (Phi) is 2.46. The van der Waals surface area contributed by atoms with Crippen molar-refractivity contribution in [3.63, 3.8) is 0 Å². The molecule has 0 amide bonds. The van der Waals surface area contributed by atoms with Crippen molar-refractivity contribution in [3.05, 3.63) is 47.5 Å². The van der Waals surface area contributed by atoms with Crippen LogP contribution in [0.2, 0.25) is 0 Å². The molecule has 5 heteroatoms. The van der Waals surface area contributed by atoms with Gasteiger partial charge < -0.3 is 0 Å². The van der Waals surface area contributed by atoms with Crippen LogP contribution >= 0.6 is 9.39 Å². The smallest absolute Gasteiger partial charge is 0.0813 e. The topological polar surface area (TPSA) is 34.0 Å². The molecule has 2 aromatic heterocycles. The summed E-state index contributed by atoms with van der Waals surface area (Å²) >= 11 is 0. The Hall–Kier alpha value is -1.25. The summed E-state index contributed by atoms with van der Waals surface area (Å²) in [6.07, 6.45) is 5.81. The first kappa shape index (κ1) is 9.94. The Balaban J connectivity index is 1.80. The third-order valence-corrected chi connectivity index (χ3v) is 3.08. The van der Waals surface area contributed by atoms with Crippen molar-refractivity contribution in [1.82, 2.24) is 19.4 Å². The van der Waals surface area contributed by atoms with E-state index in [9.17, 15) is 0 Å². The predicted molar refractivity (Wildman–Crippen MR) is 64.5 cm³/mol. The van der Waals surface area contributed by atoms with Gasteiger partial charge in [-0.25, -0.2) is 0 Å². The van der Waals surface area contributed by atoms with E-state index in [-0.39, 0.29) is 0 Å². The normalized spacial score (nSPS) is 15.3. The zero-order chi connectivity index (χ0) is 11.0. The zero-order valence-electron chi connectivity index (χ0n) is 8.87. The maximum atomic E-state index is 4.57. The fraction of sp³-hybridized carbons (Fsp3) is 0.273. The second kappa shape index (κ2) is 3.96. The molecule has 82 valence electrons. The predicted octanol–water partition coefficient (Wildman–Crippen LogP) is 1.43. The van der Waals surface area contributed by atoms with Gasteiger partial charge in [-0.2, -0.15) is 5.10 Å². The van der Waals surface area contributed by atoms with E-state index in [1.165, 1.54) is 16.8 Å². The largest absolute Gasteiger partial charge is 0.277 e. The van der Waals surface area contributed by atoms with Crippen LogP contribution in [0.25, 0.3) is 0 Å². The van der Waals surface area contributed by atoms with Gasteiger partial charge in [0.2, 0.25) is 0 Å². The molecule has 1 aliphatic heterocycles. The maximum Gasteiger partial charge on any atom is 0.0813 e. The molecule has 1 unspecified atom stereocenters. The highest BCUT2D eigenvalue weighted by Crippen LogP contribution is 2.23. The Morgan fingerprint density at radius 3 is 3.06 bits per heavy atom. The van der Waals surface area contributed by atoms with Gasteiger partial charge in [-0.05, 0) is 11.6 Å². The summed E-state index contributed by atoms with van der Waals surface area (Å²) in [7, 11) is 2.72. The lowest BCUT2D eigenvalue weighted by Gasteiger charge is -2.06. The average Bonchev–Trinajstić information content (AvgIpc) is 2.76. The van der Waals surface area contributed by atoms with Crippen LogP contribution in [-0.4, -0.2) is 19.4 Å². The molecule has 0 spiro atoms. The van der Waals surface area contributed by atoms with Gasteiger partial charge >= 0.3 is 0 Å². The quantitative estimate of drug-likeness (QED) is 0.734. The van der Waals surface area contributed by atoms with E-state index in [1.54, 1.807) is 6.20 Å². The molecule has 0 bridgehead atoms. The van der Waals surface area contributed by atoms with Crippen LogP contribution in [0.3, 0.4) is 0 Å². The third kappa shape index (κ3) is 1.86. The summed E-state index contributed by atoms with van der Waals surface area (Å²) in [6, 6.07) is 4.03. The second-order valence-electron chi connectivity index (χ2n) is 4.06. The number of pyridine rings is 1. The number of nitrogens with zero attached hydrogens (tertiary/aromatic N) is 4. The Morgan fingerprint density at radius 1 is 1.38 bits per heavy atom. The van der Waals surface area contributed by atoms with Crippen LogP contribution < -0.4 is 0 Å². The molecule has 0 radical (unpaired) electrons. The number of hydrogen-bond donors (Lipinski definition) is 0. The van der Waals surface area contributed by atoms with E-state index < -0.39 is 0 Å². The fourth-order valence-corrected chi connectivity index (χ4v) is 2.36. The molecule has 1 aliphatic rings. The van der Waals surface area contributed by atoms with Crippen molar-refractivity contribution >= 4 is 9.39 Å². The van der Waals surface area contributed by atoms with Crippen LogP contribution in [0, 0.1) is 0 Å². The molecule has 2 aromatic rings. The molecule has 3 heterocycles. The van der Waals surface area contributed by atoms with Crippen molar-refractivity contribution in [2.75, 3.05) is 0 Å². The van der Waals surface area contributed by atoms with Gasteiger partial charge in [0.05, 0.1) is 12.2 Å². The number of fused-ring (bicyclic) bond motifs is 1. The maximum absolute atomic E-state index is 4.57. The molecule has 0 N–H and O–H groups in total. The lowest BCUT2D eigenvalue weighted by molar-refractivity contribution is 0.490. The van der Waals surface area contributed by atoms with Crippen molar-refractivity contribution in [1.29, 1.82) is 0 Å². The van der Waals surface area contributed by atoms with Crippen LogP contribution in [-0.2, 0) is 19.6 Å². The van der Waals surface area contributed by atoms with Crippen LogP contribution in [0.15, 0.2) is 30.7 Å². The highest BCUT2D eigenvalue weighted by Gasteiger charge is 2.19. The van der Waals surface area contributed by atoms with Gasteiger partial charge in [-0.1, -0.05) is 15.5 Å². The Labute approximate surface area is 96.6 Å². The van der Waals surface area contributed by atoms with E-state index in [4.69, 9.17) is 0 Å². The minimum Gasteiger partial charge on any atom is -0.277 e. The summed E-state index contributed by atoms with van der Waals surface area (Å²) in [5.74, 6) is 0. The molecule has 0 aromatic carbocycles. The Bertz CT molecular complexity index is 470. The number of rotatable bonds is 2. The molecular weight excluding hydrogens is 219 g/mol. The molecule has 3 rings (SSSR count). The first-order chi connectivity index (χ1) is 7.81. The molecule has 0 saturated carbocycles. The van der Waals surface area contributed by atoms with Gasteiger partial charge in [0.25, 0.3) is 0 Å². The molecule has 0 aliphatic carbocycles. The van der Waals surface area contributed by atoms with Gasteiger partial charge in [0, 0.05) is 37.2 Å². The van der Waals surface area contributed by atoms with Crippen molar-refractivity contribution < 1.29 is 0 Å². The van der Waals surface area contributed by atoms with Gasteiger partial charge in [0.1, 0.15) is 0 Å². The molecule has 0 fully saturated rings. The first-order valence-corrected chi connectivity index (χ1v) is 5.76. The van der Waals surface area contributed by atoms with E-state index >= 15 is 0 Å².